The summed E-state index contributed by atoms with van der Waals surface area (Å²) in [6.07, 6.45) is 1.24. The van der Waals surface area contributed by atoms with E-state index in [4.69, 9.17) is 14.2 Å². The van der Waals surface area contributed by atoms with Crippen LogP contribution in [0, 0.1) is 5.92 Å². The molecule has 0 aliphatic carbocycles. The zero-order chi connectivity index (χ0) is 22.5. The van der Waals surface area contributed by atoms with Crippen LogP contribution in [-0.4, -0.2) is 64.5 Å². The summed E-state index contributed by atoms with van der Waals surface area (Å²) in [5, 5.41) is 9.41. The molecule has 0 aromatic heterocycles. The Kier molecular flexibility index (Phi) is 7.28. The third-order valence-electron chi connectivity index (χ3n) is 6.00. The van der Waals surface area contributed by atoms with E-state index in [0.717, 1.165) is 16.8 Å². The zero-order valence-electron chi connectivity index (χ0n) is 18.9. The van der Waals surface area contributed by atoms with E-state index < -0.39 is 5.97 Å². The van der Waals surface area contributed by atoms with E-state index in [1.54, 1.807) is 21.3 Å². The lowest BCUT2D eigenvalue weighted by Gasteiger charge is -2.38. The first-order chi connectivity index (χ1) is 14.9. The van der Waals surface area contributed by atoms with Crippen molar-refractivity contribution in [3.8, 4) is 17.2 Å². The van der Waals surface area contributed by atoms with E-state index in [0.29, 0.717) is 43.2 Å². The average molecular weight is 429 g/mol. The van der Waals surface area contributed by atoms with Gasteiger partial charge in [0.15, 0.2) is 11.5 Å². The van der Waals surface area contributed by atoms with Crippen LogP contribution in [0.25, 0.3) is 0 Å². The van der Waals surface area contributed by atoms with E-state index in [-0.39, 0.29) is 12.0 Å². The number of methoxy groups -OCH3 is 3. The fourth-order valence-corrected chi connectivity index (χ4v) is 4.21. The highest BCUT2D eigenvalue weighted by molar-refractivity contribution is 5.70. The third-order valence-corrected chi connectivity index (χ3v) is 6.00. The van der Waals surface area contributed by atoms with Crippen molar-refractivity contribution in [2.75, 3.05) is 53.4 Å². The van der Waals surface area contributed by atoms with Crippen molar-refractivity contribution in [3.05, 3.63) is 47.5 Å². The number of piperidine rings is 1. The van der Waals surface area contributed by atoms with Crippen LogP contribution in [0.4, 0.5) is 5.69 Å². The fraction of sp³-hybridized carbons (Fsp3) is 0.458. The summed E-state index contributed by atoms with van der Waals surface area (Å²) in [6, 6.07) is 12.2. The smallest absolute Gasteiger partial charge is 0.306 e. The molecule has 1 fully saturated rings. The maximum absolute atomic E-state index is 11.5. The molecule has 1 N–H and O–H groups in total. The summed E-state index contributed by atoms with van der Waals surface area (Å²) in [4.78, 5) is 15.8. The van der Waals surface area contributed by atoms with Crippen LogP contribution < -0.4 is 19.1 Å². The first kappa shape index (κ1) is 22.7. The van der Waals surface area contributed by atoms with Crippen LogP contribution >= 0.6 is 0 Å². The Labute approximate surface area is 184 Å². The molecular weight excluding hydrogens is 396 g/mol. The van der Waals surface area contributed by atoms with E-state index in [2.05, 4.69) is 34.1 Å². The molecule has 0 saturated carbocycles. The Morgan fingerprint density at radius 2 is 1.52 bits per heavy atom. The molecule has 1 atom stereocenters. The monoisotopic (exact) mass is 428 g/mol. The maximum Gasteiger partial charge on any atom is 0.306 e. The van der Waals surface area contributed by atoms with Gasteiger partial charge in [-0.15, -0.1) is 0 Å². The molecule has 3 rings (SSSR count). The molecule has 1 heterocycles. The number of carboxylic acids is 1. The number of hydrogen-bond donors (Lipinski definition) is 1. The molecule has 1 saturated heterocycles. The predicted octanol–water partition coefficient (Wildman–Crippen LogP) is 3.66. The van der Waals surface area contributed by atoms with Gasteiger partial charge >= 0.3 is 5.97 Å². The molecule has 7 heteroatoms. The van der Waals surface area contributed by atoms with Gasteiger partial charge < -0.3 is 24.2 Å². The van der Waals surface area contributed by atoms with Crippen LogP contribution in [0.3, 0.4) is 0 Å². The predicted molar refractivity (Wildman–Crippen MR) is 121 cm³/mol. The molecule has 0 amide bonds. The first-order valence-electron chi connectivity index (χ1n) is 10.4. The number of benzene rings is 2. The summed E-state index contributed by atoms with van der Waals surface area (Å²) in [7, 11) is 8.90. The molecule has 2 aromatic carbocycles. The number of nitrogens with zero attached hydrogens (tertiary/aromatic N) is 2. The maximum atomic E-state index is 11.5. The van der Waals surface area contributed by atoms with Gasteiger partial charge in [-0.25, -0.2) is 0 Å². The minimum atomic E-state index is -0.713. The standard InChI is InChI=1S/C24H32N2O5/c1-25(2)18-8-6-16(7-9-18)23(26-12-10-17(11-13-26)24(27)28)19-14-21(30-4)22(31-5)15-20(19)29-3/h6-9,14-15,17,23H,10-13H2,1-5H3,(H,27,28). The second-order valence-electron chi connectivity index (χ2n) is 7.99. The molecule has 7 nitrogen and oxygen atoms in total. The summed E-state index contributed by atoms with van der Waals surface area (Å²) < 4.78 is 16.8. The lowest BCUT2D eigenvalue weighted by atomic mass is 9.90. The van der Waals surface area contributed by atoms with Gasteiger partial charge in [0, 0.05) is 31.4 Å². The van der Waals surface area contributed by atoms with Crippen molar-refractivity contribution in [3.63, 3.8) is 0 Å². The molecule has 31 heavy (non-hydrogen) atoms. The number of likely N-dealkylation sites (tertiary alicyclic amines) is 1. The van der Waals surface area contributed by atoms with Crippen LogP contribution in [-0.2, 0) is 4.79 Å². The number of carboxylic acid groups (broad SMARTS) is 1. The molecule has 2 aromatic rings. The lowest BCUT2D eigenvalue weighted by molar-refractivity contribution is -0.143. The molecule has 168 valence electrons. The van der Waals surface area contributed by atoms with E-state index in [1.807, 2.05) is 26.2 Å². The quantitative estimate of drug-likeness (QED) is 0.688. The minimum Gasteiger partial charge on any atom is -0.496 e. The number of anilines is 1. The number of hydrogen-bond acceptors (Lipinski definition) is 6. The number of ether oxygens (including phenoxy) is 3. The van der Waals surface area contributed by atoms with Crippen molar-refractivity contribution in [2.24, 2.45) is 5.92 Å². The fourth-order valence-electron chi connectivity index (χ4n) is 4.21. The highest BCUT2D eigenvalue weighted by Gasteiger charge is 2.32. The van der Waals surface area contributed by atoms with E-state index in [9.17, 15) is 9.90 Å². The molecule has 0 bridgehead atoms. The zero-order valence-corrected chi connectivity index (χ0v) is 18.9. The largest absolute Gasteiger partial charge is 0.496 e. The summed E-state index contributed by atoms with van der Waals surface area (Å²) in [5.74, 6) is 0.943. The SMILES string of the molecule is COc1cc(OC)c(C(c2ccc(N(C)C)cc2)N2CCC(C(=O)O)CC2)cc1OC. The lowest BCUT2D eigenvalue weighted by Crippen LogP contribution is -2.39. The van der Waals surface area contributed by atoms with Crippen molar-refractivity contribution < 1.29 is 24.1 Å². The third kappa shape index (κ3) is 4.88. The highest BCUT2D eigenvalue weighted by Crippen LogP contribution is 2.43. The van der Waals surface area contributed by atoms with E-state index in [1.165, 1.54) is 0 Å². The van der Waals surface area contributed by atoms with Gasteiger partial charge in [-0.05, 0) is 49.7 Å². The molecule has 0 radical (unpaired) electrons. The Bertz CT molecular complexity index is 890. The van der Waals surface area contributed by atoms with Gasteiger partial charge in [0.25, 0.3) is 0 Å². The molecule has 1 unspecified atom stereocenters. The van der Waals surface area contributed by atoms with Gasteiger partial charge in [0.05, 0.1) is 33.3 Å². The van der Waals surface area contributed by atoms with Gasteiger partial charge in [0.2, 0.25) is 0 Å². The van der Waals surface area contributed by atoms with Gasteiger partial charge in [0.1, 0.15) is 5.75 Å². The average Bonchev–Trinajstić information content (AvgIpc) is 2.79. The first-order valence-corrected chi connectivity index (χ1v) is 10.4. The molecule has 1 aliphatic heterocycles. The summed E-state index contributed by atoms with van der Waals surface area (Å²) in [6.45, 7) is 1.38. The second kappa shape index (κ2) is 9.92. The number of aliphatic carboxylic acids is 1. The van der Waals surface area contributed by atoms with Crippen LogP contribution in [0.5, 0.6) is 17.2 Å². The highest BCUT2D eigenvalue weighted by atomic mass is 16.5. The topological polar surface area (TPSA) is 71.5 Å². The van der Waals surface area contributed by atoms with Crippen LogP contribution in [0.2, 0.25) is 0 Å². The van der Waals surface area contributed by atoms with Gasteiger partial charge in [-0.3, -0.25) is 9.69 Å². The van der Waals surface area contributed by atoms with E-state index >= 15 is 0 Å². The summed E-state index contributed by atoms with van der Waals surface area (Å²) >= 11 is 0. The second-order valence-corrected chi connectivity index (χ2v) is 7.99. The number of carbonyl (C=O) groups is 1. The Balaban J connectivity index is 2.07. The van der Waals surface area contributed by atoms with Crippen LogP contribution in [0.1, 0.15) is 30.0 Å². The minimum absolute atomic E-state index is 0.0966. The Morgan fingerprint density at radius 1 is 0.968 bits per heavy atom. The molecule has 1 aliphatic rings. The molecular formula is C24H32N2O5. The van der Waals surface area contributed by atoms with Crippen molar-refractivity contribution >= 4 is 11.7 Å². The van der Waals surface area contributed by atoms with Crippen molar-refractivity contribution in [1.82, 2.24) is 4.90 Å². The van der Waals surface area contributed by atoms with Crippen LogP contribution in [0.15, 0.2) is 36.4 Å². The Hall–Kier alpha value is -2.93. The summed E-state index contributed by atoms with van der Waals surface area (Å²) in [5.41, 5.74) is 3.20. The molecule has 0 spiro atoms. The van der Waals surface area contributed by atoms with Gasteiger partial charge in [-0.2, -0.15) is 0 Å². The normalized spacial score (nSPS) is 15.9. The van der Waals surface area contributed by atoms with Crippen molar-refractivity contribution in [1.29, 1.82) is 0 Å². The number of rotatable bonds is 8. The van der Waals surface area contributed by atoms with Crippen molar-refractivity contribution in [2.45, 2.75) is 18.9 Å². The Morgan fingerprint density at radius 3 is 2.00 bits per heavy atom. The van der Waals surface area contributed by atoms with Gasteiger partial charge in [-0.1, -0.05) is 12.1 Å².